The van der Waals surface area contributed by atoms with Crippen LogP contribution in [0.25, 0.3) is 0 Å². The van der Waals surface area contributed by atoms with E-state index in [-0.39, 0.29) is 0 Å². The molecule has 3 heteroatoms. The third-order valence-corrected chi connectivity index (χ3v) is 3.88. The Bertz CT molecular complexity index is 324. The fourth-order valence-electron chi connectivity index (χ4n) is 2.80. The third-order valence-electron chi connectivity index (χ3n) is 3.88. The van der Waals surface area contributed by atoms with E-state index in [2.05, 4.69) is 22.2 Å². The van der Waals surface area contributed by atoms with Gasteiger partial charge in [0.25, 0.3) is 0 Å². The van der Waals surface area contributed by atoms with Gasteiger partial charge in [0.2, 0.25) is 0 Å². The lowest BCUT2D eigenvalue weighted by Crippen LogP contribution is -2.14. The molecule has 102 valence electrons. The first-order chi connectivity index (χ1) is 8.90. The number of nitrogens with zero attached hydrogens (tertiary/aromatic N) is 1. The maximum Gasteiger partial charge on any atom is 0.109 e. The van der Waals surface area contributed by atoms with Crippen LogP contribution >= 0.6 is 0 Å². The molecule has 1 aromatic rings. The lowest BCUT2D eigenvalue weighted by molar-refractivity contribution is 0.444. The molecule has 0 radical (unpaired) electrons. The second-order valence-corrected chi connectivity index (χ2v) is 5.51. The van der Waals surface area contributed by atoms with Gasteiger partial charge in [-0.15, -0.1) is 0 Å². The van der Waals surface area contributed by atoms with Crippen LogP contribution in [0.5, 0.6) is 0 Å². The van der Waals surface area contributed by atoms with Crippen molar-refractivity contribution in [2.45, 2.75) is 70.8 Å². The number of aromatic nitrogens is 2. The average Bonchev–Trinajstić information content (AvgIpc) is 2.78. The van der Waals surface area contributed by atoms with Gasteiger partial charge in [-0.1, -0.05) is 39.0 Å². The van der Waals surface area contributed by atoms with E-state index in [0.29, 0.717) is 5.92 Å². The van der Waals surface area contributed by atoms with Crippen LogP contribution in [0, 0.1) is 0 Å². The van der Waals surface area contributed by atoms with Gasteiger partial charge < -0.3 is 10.3 Å². The highest BCUT2D eigenvalue weighted by Gasteiger charge is 2.16. The van der Waals surface area contributed by atoms with Gasteiger partial charge in [0.15, 0.2) is 0 Å². The Hall–Kier alpha value is -0.830. The summed E-state index contributed by atoms with van der Waals surface area (Å²) in [6, 6.07) is 0. The van der Waals surface area contributed by atoms with E-state index in [1.807, 2.05) is 6.20 Å². The first-order valence-electron chi connectivity index (χ1n) is 7.64. The van der Waals surface area contributed by atoms with Crippen molar-refractivity contribution in [3.05, 3.63) is 17.7 Å². The Morgan fingerprint density at radius 3 is 2.67 bits per heavy atom. The monoisotopic (exact) mass is 249 g/mol. The summed E-state index contributed by atoms with van der Waals surface area (Å²) in [5.74, 6) is 1.90. The Kier molecular flexibility index (Phi) is 5.72. The Balaban J connectivity index is 1.86. The summed E-state index contributed by atoms with van der Waals surface area (Å²) in [5, 5.41) is 3.42. The van der Waals surface area contributed by atoms with E-state index in [1.165, 1.54) is 62.9 Å². The van der Waals surface area contributed by atoms with Crippen molar-refractivity contribution in [1.82, 2.24) is 15.3 Å². The van der Waals surface area contributed by atoms with Gasteiger partial charge in [-0.25, -0.2) is 4.98 Å². The summed E-state index contributed by atoms with van der Waals surface area (Å²) in [5.41, 5.74) is 1.24. The first kappa shape index (κ1) is 13.6. The van der Waals surface area contributed by atoms with Gasteiger partial charge in [-0.3, -0.25) is 0 Å². The highest BCUT2D eigenvalue weighted by Crippen LogP contribution is 2.28. The molecular weight excluding hydrogens is 222 g/mol. The van der Waals surface area contributed by atoms with Gasteiger partial charge in [0.05, 0.1) is 0 Å². The lowest BCUT2D eigenvalue weighted by Gasteiger charge is -2.17. The maximum atomic E-state index is 4.60. The number of aromatic amines is 1. The molecule has 2 rings (SSSR count). The largest absolute Gasteiger partial charge is 0.345 e. The third kappa shape index (κ3) is 4.13. The first-order valence-corrected chi connectivity index (χ1v) is 7.64. The normalized spacial score (nSPS) is 18.5. The van der Waals surface area contributed by atoms with Crippen LogP contribution in [0.4, 0.5) is 0 Å². The van der Waals surface area contributed by atoms with Crippen molar-refractivity contribution in [2.24, 2.45) is 0 Å². The molecule has 0 bridgehead atoms. The van der Waals surface area contributed by atoms with Crippen LogP contribution in [0.1, 0.15) is 75.7 Å². The van der Waals surface area contributed by atoms with E-state index >= 15 is 0 Å². The zero-order valence-electron chi connectivity index (χ0n) is 11.7. The van der Waals surface area contributed by atoms with Crippen LogP contribution in [0.2, 0.25) is 0 Å². The second kappa shape index (κ2) is 7.57. The molecule has 0 amide bonds. The van der Waals surface area contributed by atoms with Crippen LogP contribution in [-0.4, -0.2) is 16.5 Å². The number of imidazole rings is 1. The molecule has 0 unspecified atom stereocenters. The minimum absolute atomic E-state index is 0.672. The molecular formula is C15H27N3. The zero-order chi connectivity index (χ0) is 12.6. The molecule has 1 saturated carbocycles. The predicted octanol–water partition coefficient (Wildman–Crippen LogP) is 3.74. The minimum atomic E-state index is 0.672. The minimum Gasteiger partial charge on any atom is -0.345 e. The molecule has 1 aliphatic carbocycles. The molecule has 1 fully saturated rings. The number of hydrogen-bond donors (Lipinski definition) is 2. The summed E-state index contributed by atoms with van der Waals surface area (Å²) in [4.78, 5) is 8.11. The van der Waals surface area contributed by atoms with E-state index in [4.69, 9.17) is 0 Å². The zero-order valence-corrected chi connectivity index (χ0v) is 11.7. The smallest absolute Gasteiger partial charge is 0.109 e. The van der Waals surface area contributed by atoms with Gasteiger partial charge in [0, 0.05) is 24.4 Å². The lowest BCUT2D eigenvalue weighted by atomic mass is 9.91. The molecule has 2 N–H and O–H groups in total. The number of H-pyrrole nitrogens is 1. The van der Waals surface area contributed by atoms with E-state index in [1.54, 1.807) is 0 Å². The van der Waals surface area contributed by atoms with Crippen LogP contribution in [0.3, 0.4) is 0 Å². The molecule has 0 aromatic carbocycles. The van der Waals surface area contributed by atoms with Crippen LogP contribution in [-0.2, 0) is 6.54 Å². The number of nitrogens with one attached hydrogen (secondary N) is 2. The molecule has 0 aliphatic heterocycles. The van der Waals surface area contributed by atoms with E-state index < -0.39 is 0 Å². The number of rotatable bonds is 5. The Morgan fingerprint density at radius 1 is 1.22 bits per heavy atom. The molecule has 1 aromatic heterocycles. The molecule has 1 heterocycles. The van der Waals surface area contributed by atoms with Crippen molar-refractivity contribution in [3.63, 3.8) is 0 Å². The van der Waals surface area contributed by atoms with E-state index in [9.17, 15) is 0 Å². The topological polar surface area (TPSA) is 40.7 Å². The van der Waals surface area contributed by atoms with Gasteiger partial charge >= 0.3 is 0 Å². The maximum absolute atomic E-state index is 4.60. The molecule has 18 heavy (non-hydrogen) atoms. The predicted molar refractivity (Wildman–Crippen MR) is 75.6 cm³/mol. The van der Waals surface area contributed by atoms with Crippen LogP contribution < -0.4 is 5.32 Å². The summed E-state index contributed by atoms with van der Waals surface area (Å²) in [6.07, 6.45) is 12.8. The van der Waals surface area contributed by atoms with Crippen LogP contribution in [0.15, 0.2) is 6.20 Å². The van der Waals surface area contributed by atoms with Gasteiger partial charge in [0.1, 0.15) is 5.82 Å². The van der Waals surface area contributed by atoms with Crippen molar-refractivity contribution >= 4 is 0 Å². The van der Waals surface area contributed by atoms with Crippen molar-refractivity contribution in [1.29, 1.82) is 0 Å². The molecule has 3 nitrogen and oxygen atoms in total. The van der Waals surface area contributed by atoms with Crippen molar-refractivity contribution in [3.8, 4) is 0 Å². The summed E-state index contributed by atoms with van der Waals surface area (Å²) < 4.78 is 0. The molecule has 0 saturated heterocycles. The second-order valence-electron chi connectivity index (χ2n) is 5.51. The fourth-order valence-corrected chi connectivity index (χ4v) is 2.80. The summed E-state index contributed by atoms with van der Waals surface area (Å²) in [7, 11) is 0. The highest BCUT2D eigenvalue weighted by molar-refractivity contribution is 5.05. The average molecular weight is 249 g/mol. The SMILES string of the molecule is CCCNCc1cnc(C2CCCCCCC2)[nH]1. The quantitative estimate of drug-likeness (QED) is 0.780. The molecule has 0 atom stereocenters. The number of hydrogen-bond acceptors (Lipinski definition) is 2. The fraction of sp³-hybridized carbons (Fsp3) is 0.800. The Morgan fingerprint density at radius 2 is 1.94 bits per heavy atom. The summed E-state index contributed by atoms with van der Waals surface area (Å²) >= 11 is 0. The van der Waals surface area contributed by atoms with Gasteiger partial charge in [-0.2, -0.15) is 0 Å². The standard InChI is InChI=1S/C15H27N3/c1-2-10-16-11-14-12-17-15(18-14)13-8-6-4-3-5-7-9-13/h12-13,16H,2-11H2,1H3,(H,17,18). The highest BCUT2D eigenvalue weighted by atomic mass is 15.0. The Labute approximate surface area is 111 Å². The van der Waals surface area contributed by atoms with Crippen molar-refractivity contribution < 1.29 is 0 Å². The molecule has 0 spiro atoms. The molecule has 1 aliphatic rings. The van der Waals surface area contributed by atoms with E-state index in [0.717, 1.165) is 13.1 Å². The van der Waals surface area contributed by atoms with Gasteiger partial charge in [-0.05, 0) is 25.8 Å². The summed E-state index contributed by atoms with van der Waals surface area (Å²) in [6.45, 7) is 4.20. The van der Waals surface area contributed by atoms with Crippen molar-refractivity contribution in [2.75, 3.05) is 6.54 Å².